The van der Waals surface area contributed by atoms with Gasteiger partial charge in [-0.25, -0.2) is 0 Å². The summed E-state index contributed by atoms with van der Waals surface area (Å²) < 4.78 is 0. The van der Waals surface area contributed by atoms with Gasteiger partial charge in [0.15, 0.2) is 6.23 Å². The van der Waals surface area contributed by atoms with Crippen LogP contribution in [0, 0.1) is 0 Å². The predicted octanol–water partition coefficient (Wildman–Crippen LogP) is 3.10. The van der Waals surface area contributed by atoms with Gasteiger partial charge in [0.1, 0.15) is 0 Å². The predicted molar refractivity (Wildman–Crippen MR) is 80.5 cm³/mol. The molecule has 0 saturated heterocycles. The summed E-state index contributed by atoms with van der Waals surface area (Å²) in [7, 11) is 0. The molecule has 1 aliphatic heterocycles. The number of aliphatic hydroxyl groups excluding tert-OH is 1. The van der Waals surface area contributed by atoms with Crippen molar-refractivity contribution in [1.29, 1.82) is 0 Å². The van der Waals surface area contributed by atoms with Crippen LogP contribution in [-0.4, -0.2) is 22.1 Å². The van der Waals surface area contributed by atoms with Crippen molar-refractivity contribution in [2.45, 2.75) is 57.2 Å². The number of carbonyl (C=O) groups is 1. The standard InChI is InChI=1S/C18H21NO2/c20-17-14-9-3-4-10-15(14)18(21)19(17)16-11-5-7-12-6-1-2-8-13(12)16/h1-2,6,8,16-17,20H,3-5,7,9-11H2/t16-,17-/m1/s1. The highest BCUT2D eigenvalue weighted by Gasteiger charge is 2.43. The van der Waals surface area contributed by atoms with Crippen molar-refractivity contribution < 1.29 is 9.90 Å². The molecule has 1 aromatic rings. The van der Waals surface area contributed by atoms with E-state index >= 15 is 0 Å². The lowest BCUT2D eigenvalue weighted by Gasteiger charge is -2.36. The van der Waals surface area contributed by atoms with E-state index in [0.717, 1.165) is 56.1 Å². The lowest BCUT2D eigenvalue weighted by molar-refractivity contribution is -0.136. The first-order chi connectivity index (χ1) is 10.3. The summed E-state index contributed by atoms with van der Waals surface area (Å²) in [5.41, 5.74) is 4.46. The maximum Gasteiger partial charge on any atom is 0.252 e. The third kappa shape index (κ3) is 1.95. The highest BCUT2D eigenvalue weighted by molar-refractivity contribution is 5.98. The second kappa shape index (κ2) is 4.99. The summed E-state index contributed by atoms with van der Waals surface area (Å²) in [6.45, 7) is 0. The van der Waals surface area contributed by atoms with Gasteiger partial charge in [-0.05, 0) is 61.6 Å². The molecule has 0 fully saturated rings. The lowest BCUT2D eigenvalue weighted by atomic mass is 9.86. The highest BCUT2D eigenvalue weighted by Crippen LogP contribution is 2.43. The van der Waals surface area contributed by atoms with Gasteiger partial charge in [-0.1, -0.05) is 24.3 Å². The number of fused-ring (bicyclic) bond motifs is 1. The molecule has 0 spiro atoms. The molecule has 110 valence electrons. The van der Waals surface area contributed by atoms with Crippen molar-refractivity contribution in [3.63, 3.8) is 0 Å². The maximum atomic E-state index is 12.8. The second-order valence-electron chi connectivity index (χ2n) is 6.40. The number of benzene rings is 1. The van der Waals surface area contributed by atoms with Gasteiger partial charge in [0.05, 0.1) is 6.04 Å². The van der Waals surface area contributed by atoms with Crippen LogP contribution in [0.15, 0.2) is 35.4 Å². The van der Waals surface area contributed by atoms with E-state index in [4.69, 9.17) is 0 Å². The SMILES string of the molecule is O=C1C2=C(CCCC2)[C@@H](O)N1[C@@H]1CCCc2ccccc21. The summed E-state index contributed by atoms with van der Waals surface area (Å²) in [5, 5.41) is 10.7. The number of aliphatic hydroxyl groups is 1. The fourth-order valence-corrected chi connectivity index (χ4v) is 4.22. The Bertz CT molecular complexity index is 619. The normalized spacial score (nSPS) is 28.6. The van der Waals surface area contributed by atoms with Crippen LogP contribution >= 0.6 is 0 Å². The average molecular weight is 283 g/mol. The molecule has 1 amide bonds. The van der Waals surface area contributed by atoms with Crippen LogP contribution in [0.1, 0.15) is 55.7 Å². The number of hydrogen-bond acceptors (Lipinski definition) is 2. The van der Waals surface area contributed by atoms with Crippen LogP contribution in [0.2, 0.25) is 0 Å². The van der Waals surface area contributed by atoms with E-state index in [0.29, 0.717) is 0 Å². The van der Waals surface area contributed by atoms with Gasteiger partial charge >= 0.3 is 0 Å². The third-order valence-corrected chi connectivity index (χ3v) is 5.25. The molecule has 0 saturated carbocycles. The zero-order chi connectivity index (χ0) is 14.4. The minimum atomic E-state index is -0.691. The van der Waals surface area contributed by atoms with Crippen LogP contribution in [0.5, 0.6) is 0 Å². The molecule has 21 heavy (non-hydrogen) atoms. The molecule has 3 aliphatic rings. The molecule has 0 bridgehead atoms. The molecule has 2 atom stereocenters. The molecular weight excluding hydrogens is 262 g/mol. The van der Waals surface area contributed by atoms with Gasteiger partial charge in [0.25, 0.3) is 5.91 Å². The fraction of sp³-hybridized carbons (Fsp3) is 0.500. The van der Waals surface area contributed by atoms with Crippen molar-refractivity contribution >= 4 is 5.91 Å². The molecule has 1 heterocycles. The summed E-state index contributed by atoms with van der Waals surface area (Å²) in [5.74, 6) is 0.0823. The zero-order valence-corrected chi connectivity index (χ0v) is 12.2. The summed E-state index contributed by atoms with van der Waals surface area (Å²) in [6.07, 6.45) is 6.33. The number of aryl methyl sites for hydroxylation is 1. The van der Waals surface area contributed by atoms with Gasteiger partial charge in [0.2, 0.25) is 0 Å². The fourth-order valence-electron chi connectivity index (χ4n) is 4.22. The van der Waals surface area contributed by atoms with Gasteiger partial charge in [0, 0.05) is 5.57 Å². The molecular formula is C18H21NO2. The largest absolute Gasteiger partial charge is 0.369 e. The molecule has 0 unspecified atom stereocenters. The lowest BCUT2D eigenvalue weighted by Crippen LogP contribution is -2.40. The first-order valence-corrected chi connectivity index (χ1v) is 8.08. The summed E-state index contributed by atoms with van der Waals surface area (Å²) in [4.78, 5) is 14.5. The zero-order valence-electron chi connectivity index (χ0n) is 12.2. The van der Waals surface area contributed by atoms with Crippen LogP contribution in [0.3, 0.4) is 0 Å². The molecule has 1 N–H and O–H groups in total. The number of hydrogen-bond donors (Lipinski definition) is 1. The second-order valence-corrected chi connectivity index (χ2v) is 6.40. The van der Waals surface area contributed by atoms with E-state index in [1.807, 2.05) is 6.07 Å². The van der Waals surface area contributed by atoms with Gasteiger partial charge in [-0.2, -0.15) is 0 Å². The Morgan fingerprint density at radius 1 is 1.05 bits per heavy atom. The van der Waals surface area contributed by atoms with Crippen molar-refractivity contribution in [3.8, 4) is 0 Å². The van der Waals surface area contributed by atoms with Crippen LogP contribution in [0.25, 0.3) is 0 Å². The third-order valence-electron chi connectivity index (χ3n) is 5.25. The number of nitrogens with zero attached hydrogens (tertiary/aromatic N) is 1. The number of carbonyl (C=O) groups excluding carboxylic acids is 1. The Morgan fingerprint density at radius 3 is 2.71 bits per heavy atom. The van der Waals surface area contributed by atoms with E-state index < -0.39 is 6.23 Å². The Labute approximate surface area is 125 Å². The molecule has 3 heteroatoms. The van der Waals surface area contributed by atoms with Crippen molar-refractivity contribution in [2.75, 3.05) is 0 Å². The number of amides is 1. The Morgan fingerprint density at radius 2 is 1.86 bits per heavy atom. The number of rotatable bonds is 1. The van der Waals surface area contributed by atoms with Crippen LogP contribution in [0.4, 0.5) is 0 Å². The van der Waals surface area contributed by atoms with Gasteiger partial charge in [-0.15, -0.1) is 0 Å². The molecule has 0 aromatic heterocycles. The molecule has 3 nitrogen and oxygen atoms in total. The van der Waals surface area contributed by atoms with E-state index in [1.165, 1.54) is 11.1 Å². The van der Waals surface area contributed by atoms with E-state index in [-0.39, 0.29) is 11.9 Å². The summed E-state index contributed by atoms with van der Waals surface area (Å²) >= 11 is 0. The molecule has 4 rings (SSSR count). The van der Waals surface area contributed by atoms with Gasteiger partial charge < -0.3 is 10.0 Å². The maximum absolute atomic E-state index is 12.8. The first-order valence-electron chi connectivity index (χ1n) is 8.08. The van der Waals surface area contributed by atoms with E-state index in [9.17, 15) is 9.90 Å². The first kappa shape index (κ1) is 13.1. The van der Waals surface area contributed by atoms with Crippen molar-refractivity contribution in [3.05, 3.63) is 46.5 Å². The minimum Gasteiger partial charge on any atom is -0.369 e. The minimum absolute atomic E-state index is 0.0445. The van der Waals surface area contributed by atoms with Crippen molar-refractivity contribution in [2.24, 2.45) is 0 Å². The quantitative estimate of drug-likeness (QED) is 0.860. The molecule has 1 aromatic carbocycles. The van der Waals surface area contributed by atoms with Crippen molar-refractivity contribution in [1.82, 2.24) is 4.90 Å². The Kier molecular flexibility index (Phi) is 3.11. The smallest absolute Gasteiger partial charge is 0.252 e. The average Bonchev–Trinajstić information content (AvgIpc) is 2.79. The molecule has 0 radical (unpaired) electrons. The monoisotopic (exact) mass is 283 g/mol. The Balaban J connectivity index is 1.71. The van der Waals surface area contributed by atoms with Crippen LogP contribution < -0.4 is 0 Å². The summed E-state index contributed by atoms with van der Waals surface area (Å²) in [6, 6.07) is 8.42. The van der Waals surface area contributed by atoms with E-state index in [1.54, 1.807) is 4.90 Å². The van der Waals surface area contributed by atoms with E-state index in [2.05, 4.69) is 18.2 Å². The highest BCUT2D eigenvalue weighted by atomic mass is 16.3. The molecule has 2 aliphatic carbocycles. The van der Waals surface area contributed by atoms with Crippen LogP contribution in [-0.2, 0) is 11.2 Å². The van der Waals surface area contributed by atoms with Gasteiger partial charge in [-0.3, -0.25) is 4.79 Å². The topological polar surface area (TPSA) is 40.5 Å². The Hall–Kier alpha value is -1.61.